The number of ether oxygens (including phenoxy) is 3. The maximum Gasteiger partial charge on any atom is 0.328 e. The minimum Gasteiger partial charge on any atom is -0.461 e. The minimum absolute atomic E-state index is 0.265. The molecular formula is C25H43N5O14. The molecular weight excluding hydrogens is 594 g/mol. The summed E-state index contributed by atoms with van der Waals surface area (Å²) in [6.07, 6.45) is -9.25. The predicted molar refractivity (Wildman–Crippen MR) is 146 cm³/mol. The van der Waals surface area contributed by atoms with E-state index in [0.717, 1.165) is 6.92 Å². The van der Waals surface area contributed by atoms with Gasteiger partial charge in [0.2, 0.25) is 29.5 Å². The van der Waals surface area contributed by atoms with Crippen molar-refractivity contribution >= 4 is 35.5 Å². The molecule has 1 aliphatic heterocycles. The average molecular weight is 638 g/mol. The van der Waals surface area contributed by atoms with Crippen LogP contribution in [0.1, 0.15) is 40.5 Å². The smallest absolute Gasteiger partial charge is 0.328 e. The molecule has 19 heteroatoms. The Balaban J connectivity index is 2.88. The number of nitrogens with two attached hydrogens (primary N) is 1. The summed E-state index contributed by atoms with van der Waals surface area (Å²) in [6.45, 7) is 3.04. The number of carbonyl (C=O) groups is 6. The largest absolute Gasteiger partial charge is 0.461 e. The molecule has 1 rings (SSSR count). The predicted octanol–water partition coefficient (Wildman–Crippen LogP) is -6.01. The zero-order valence-corrected chi connectivity index (χ0v) is 24.8. The van der Waals surface area contributed by atoms with E-state index in [9.17, 15) is 49.2 Å². The monoisotopic (exact) mass is 637 g/mol. The summed E-state index contributed by atoms with van der Waals surface area (Å²) in [7, 11) is 0. The fourth-order valence-corrected chi connectivity index (χ4v) is 3.91. The molecule has 252 valence electrons. The maximum absolute atomic E-state index is 12.9. The van der Waals surface area contributed by atoms with Gasteiger partial charge in [-0.2, -0.15) is 0 Å². The normalized spacial score (nSPS) is 24.9. The van der Waals surface area contributed by atoms with Crippen molar-refractivity contribution in [2.24, 2.45) is 5.73 Å². The van der Waals surface area contributed by atoms with Gasteiger partial charge in [0.05, 0.1) is 13.2 Å². The number of carbonyl (C=O) groups excluding carboxylic acids is 6. The fourth-order valence-electron chi connectivity index (χ4n) is 3.91. The molecule has 44 heavy (non-hydrogen) atoms. The van der Waals surface area contributed by atoms with Crippen LogP contribution in [-0.2, 0) is 43.0 Å². The molecule has 0 bridgehead atoms. The summed E-state index contributed by atoms with van der Waals surface area (Å²) >= 11 is 0. The van der Waals surface area contributed by atoms with Crippen LogP contribution in [0.15, 0.2) is 0 Å². The summed E-state index contributed by atoms with van der Waals surface area (Å²) in [5.74, 6) is -4.98. The minimum atomic E-state index is -1.69. The second-order valence-electron chi connectivity index (χ2n) is 10.2. The molecule has 0 saturated carbocycles. The standard InChI is InChI=1S/C25H43N5O14/c1-10(27-22(38)12(3)43-20-18(29-13(4)33)25(41)44-16(8-32)19(20)36)21(37)30-15(5-6-17(26)35)23(39)28-11(2)24(40)42-9-14(34)7-31/h10-12,14-16,18-20,25,31-32,34,36,41H,5-9H2,1-4H3,(H2,26,35)(H,27,38)(H,28,39)(H,29,33)(H,30,37)/t10-,11-,12?,14?,15+,16+,18+,19+,20+,25-/m0/s1. The highest BCUT2D eigenvalue weighted by Gasteiger charge is 2.47. The van der Waals surface area contributed by atoms with E-state index >= 15 is 0 Å². The number of aliphatic hydroxyl groups excluding tert-OH is 5. The van der Waals surface area contributed by atoms with Gasteiger partial charge in [-0.25, -0.2) is 4.79 Å². The number of hydrogen-bond donors (Lipinski definition) is 10. The summed E-state index contributed by atoms with van der Waals surface area (Å²) in [4.78, 5) is 73.5. The van der Waals surface area contributed by atoms with E-state index in [0.29, 0.717) is 0 Å². The van der Waals surface area contributed by atoms with E-state index in [4.69, 9.17) is 25.1 Å². The van der Waals surface area contributed by atoms with Crippen LogP contribution in [0.5, 0.6) is 0 Å². The van der Waals surface area contributed by atoms with Crippen molar-refractivity contribution in [3.8, 4) is 0 Å². The molecule has 1 aliphatic rings. The van der Waals surface area contributed by atoms with Gasteiger partial charge in [-0.3, -0.25) is 24.0 Å². The van der Waals surface area contributed by atoms with Crippen LogP contribution in [0.3, 0.4) is 0 Å². The van der Waals surface area contributed by atoms with Gasteiger partial charge in [-0.05, 0) is 27.2 Å². The van der Waals surface area contributed by atoms with Gasteiger partial charge in [-0.15, -0.1) is 0 Å². The molecule has 0 spiro atoms. The van der Waals surface area contributed by atoms with E-state index < -0.39 is 116 Å². The second kappa shape index (κ2) is 18.4. The van der Waals surface area contributed by atoms with E-state index in [1.54, 1.807) is 0 Å². The first-order valence-corrected chi connectivity index (χ1v) is 13.7. The van der Waals surface area contributed by atoms with Gasteiger partial charge in [0.15, 0.2) is 6.29 Å². The van der Waals surface area contributed by atoms with Gasteiger partial charge in [-0.1, -0.05) is 0 Å². The topological polar surface area (TPSA) is 305 Å². The number of esters is 1. The van der Waals surface area contributed by atoms with E-state index in [1.807, 2.05) is 0 Å². The molecule has 2 unspecified atom stereocenters. The molecule has 1 saturated heterocycles. The quantitative estimate of drug-likeness (QED) is 0.0664. The van der Waals surface area contributed by atoms with Crippen molar-refractivity contribution in [2.45, 2.75) is 102 Å². The molecule has 19 nitrogen and oxygen atoms in total. The van der Waals surface area contributed by atoms with Crippen molar-refractivity contribution in [1.82, 2.24) is 21.3 Å². The first-order chi connectivity index (χ1) is 20.5. The Hall–Kier alpha value is -3.46. The lowest BCUT2D eigenvalue weighted by molar-refractivity contribution is -0.266. The molecule has 10 atom stereocenters. The Morgan fingerprint density at radius 3 is 2.09 bits per heavy atom. The summed E-state index contributed by atoms with van der Waals surface area (Å²) in [5, 5.41) is 57.7. The van der Waals surface area contributed by atoms with Crippen LogP contribution in [0.4, 0.5) is 0 Å². The lowest BCUT2D eigenvalue weighted by Crippen LogP contribution is -2.65. The highest BCUT2D eigenvalue weighted by atomic mass is 16.6. The Kier molecular flexibility index (Phi) is 16.1. The van der Waals surface area contributed by atoms with E-state index in [2.05, 4.69) is 21.3 Å². The number of aliphatic hydroxyl groups is 5. The average Bonchev–Trinajstić information content (AvgIpc) is 2.96. The first-order valence-electron chi connectivity index (χ1n) is 13.7. The first kappa shape index (κ1) is 38.6. The van der Waals surface area contributed by atoms with Crippen LogP contribution in [-0.4, -0.2) is 142 Å². The number of rotatable bonds is 17. The van der Waals surface area contributed by atoms with E-state index in [1.165, 1.54) is 20.8 Å². The van der Waals surface area contributed by atoms with Crippen molar-refractivity contribution < 1.29 is 68.5 Å². The molecule has 5 amide bonds. The zero-order valence-electron chi connectivity index (χ0n) is 24.8. The Labute approximate surface area is 252 Å². The third-order valence-corrected chi connectivity index (χ3v) is 6.38. The SMILES string of the molecule is CC(=O)N[C@@H]1[C@@H](OC(C)C(=O)N[C@@H](C)C(=O)N[C@H](CCC(N)=O)C(=O)N[C@@H](C)C(=O)OCC(O)CO)[C@H](O)[C@@H](CO)O[C@@H]1O. The number of primary amides is 1. The van der Waals surface area contributed by atoms with Crippen LogP contribution in [0, 0.1) is 0 Å². The van der Waals surface area contributed by atoms with Crippen LogP contribution < -0.4 is 27.0 Å². The van der Waals surface area contributed by atoms with Crippen molar-refractivity contribution in [3.63, 3.8) is 0 Å². The third kappa shape index (κ3) is 12.3. The van der Waals surface area contributed by atoms with E-state index in [-0.39, 0.29) is 12.8 Å². The fraction of sp³-hybridized carbons (Fsp3) is 0.760. The maximum atomic E-state index is 12.9. The van der Waals surface area contributed by atoms with Gasteiger partial charge < -0.3 is 66.7 Å². The van der Waals surface area contributed by atoms with Crippen LogP contribution >= 0.6 is 0 Å². The molecule has 0 aromatic heterocycles. The lowest BCUT2D eigenvalue weighted by Gasteiger charge is -2.43. The van der Waals surface area contributed by atoms with Crippen LogP contribution in [0.2, 0.25) is 0 Å². The molecule has 0 aromatic rings. The molecule has 0 radical (unpaired) electrons. The van der Waals surface area contributed by atoms with Gasteiger partial charge in [0, 0.05) is 13.3 Å². The second-order valence-corrected chi connectivity index (χ2v) is 10.2. The molecule has 11 N–H and O–H groups in total. The summed E-state index contributed by atoms with van der Waals surface area (Å²) in [6, 6.07) is -5.23. The van der Waals surface area contributed by atoms with Gasteiger partial charge in [0.25, 0.3) is 0 Å². The van der Waals surface area contributed by atoms with Crippen molar-refractivity contribution in [2.75, 3.05) is 19.8 Å². The summed E-state index contributed by atoms with van der Waals surface area (Å²) < 4.78 is 15.5. The number of amides is 5. The molecule has 1 heterocycles. The number of hydrogen-bond acceptors (Lipinski definition) is 14. The van der Waals surface area contributed by atoms with Crippen LogP contribution in [0.25, 0.3) is 0 Å². The molecule has 0 aliphatic carbocycles. The van der Waals surface area contributed by atoms with Gasteiger partial charge >= 0.3 is 5.97 Å². The number of nitrogens with one attached hydrogen (secondary N) is 4. The van der Waals surface area contributed by atoms with Gasteiger partial charge in [0.1, 0.15) is 61.3 Å². The molecule has 0 aromatic carbocycles. The van der Waals surface area contributed by atoms with Crippen molar-refractivity contribution in [3.05, 3.63) is 0 Å². The highest BCUT2D eigenvalue weighted by molar-refractivity contribution is 5.94. The molecule has 1 fully saturated rings. The highest BCUT2D eigenvalue weighted by Crippen LogP contribution is 2.23. The Morgan fingerprint density at radius 2 is 1.55 bits per heavy atom. The summed E-state index contributed by atoms with van der Waals surface area (Å²) in [5.41, 5.74) is 5.16. The third-order valence-electron chi connectivity index (χ3n) is 6.38. The van der Waals surface area contributed by atoms with Crippen molar-refractivity contribution in [1.29, 1.82) is 0 Å². The Bertz CT molecular complexity index is 1020. The zero-order chi connectivity index (χ0) is 33.7. The Morgan fingerprint density at radius 1 is 0.932 bits per heavy atom. The lowest BCUT2D eigenvalue weighted by atomic mass is 9.96.